The summed E-state index contributed by atoms with van der Waals surface area (Å²) >= 11 is 0.943. The molecule has 2 amide bonds. The van der Waals surface area contributed by atoms with E-state index in [1.165, 1.54) is 4.90 Å². The summed E-state index contributed by atoms with van der Waals surface area (Å²) < 4.78 is 5.16. The third kappa shape index (κ3) is 2.76. The number of benzene rings is 2. The van der Waals surface area contributed by atoms with Crippen LogP contribution < -0.4 is 9.64 Å². The standard InChI is InChI=1S/C17H13NO3S/c1-21-14-9-5-6-12(10-14)11-15-16(19)18(17(20)22-15)13-7-3-2-4-8-13/h2-11H,1H3/b15-11+. The number of amides is 2. The Hall–Kier alpha value is -2.53. The summed E-state index contributed by atoms with van der Waals surface area (Å²) in [6, 6.07) is 16.3. The smallest absolute Gasteiger partial charge is 0.298 e. The van der Waals surface area contributed by atoms with Crippen molar-refractivity contribution in [3.05, 3.63) is 65.1 Å². The Morgan fingerprint density at radius 1 is 1.05 bits per heavy atom. The van der Waals surface area contributed by atoms with Crippen LogP contribution in [0.25, 0.3) is 6.08 Å². The van der Waals surface area contributed by atoms with E-state index in [-0.39, 0.29) is 11.1 Å². The minimum absolute atomic E-state index is 0.287. The minimum atomic E-state index is -0.302. The first-order valence-corrected chi connectivity index (χ1v) is 7.48. The molecule has 4 nitrogen and oxygen atoms in total. The van der Waals surface area contributed by atoms with Crippen molar-refractivity contribution in [3.8, 4) is 5.75 Å². The van der Waals surface area contributed by atoms with E-state index in [0.29, 0.717) is 16.3 Å². The number of para-hydroxylation sites is 1. The van der Waals surface area contributed by atoms with Crippen LogP contribution in [-0.2, 0) is 4.79 Å². The molecule has 0 spiro atoms. The third-order valence-corrected chi connectivity index (χ3v) is 4.07. The first-order valence-electron chi connectivity index (χ1n) is 6.66. The zero-order valence-corrected chi connectivity index (χ0v) is 12.7. The Labute approximate surface area is 132 Å². The number of rotatable bonds is 3. The number of hydrogen-bond acceptors (Lipinski definition) is 4. The van der Waals surface area contributed by atoms with E-state index in [4.69, 9.17) is 4.74 Å². The van der Waals surface area contributed by atoms with Crippen LogP contribution in [0.15, 0.2) is 59.5 Å². The molecule has 1 fully saturated rings. The number of anilines is 1. The molecule has 0 radical (unpaired) electrons. The number of carbonyl (C=O) groups is 2. The highest BCUT2D eigenvalue weighted by Crippen LogP contribution is 2.35. The Morgan fingerprint density at radius 3 is 2.55 bits per heavy atom. The number of methoxy groups -OCH3 is 1. The molecule has 0 aromatic heterocycles. The fourth-order valence-corrected chi connectivity index (χ4v) is 2.99. The normalized spacial score (nSPS) is 16.4. The molecule has 110 valence electrons. The van der Waals surface area contributed by atoms with Crippen molar-refractivity contribution >= 4 is 34.7 Å². The largest absolute Gasteiger partial charge is 0.497 e. The monoisotopic (exact) mass is 311 g/mol. The number of thioether (sulfide) groups is 1. The van der Waals surface area contributed by atoms with Crippen LogP contribution in [0.5, 0.6) is 5.75 Å². The molecule has 0 aliphatic carbocycles. The van der Waals surface area contributed by atoms with Gasteiger partial charge in [0.15, 0.2) is 0 Å². The van der Waals surface area contributed by atoms with E-state index in [1.807, 2.05) is 30.3 Å². The van der Waals surface area contributed by atoms with Gasteiger partial charge in [0.05, 0.1) is 17.7 Å². The number of imide groups is 1. The molecule has 0 atom stereocenters. The fourth-order valence-electron chi connectivity index (χ4n) is 2.15. The predicted octanol–water partition coefficient (Wildman–Crippen LogP) is 3.94. The van der Waals surface area contributed by atoms with E-state index < -0.39 is 0 Å². The molecule has 3 rings (SSSR count). The first-order chi connectivity index (χ1) is 10.7. The highest BCUT2D eigenvalue weighted by Gasteiger charge is 2.36. The Morgan fingerprint density at radius 2 is 1.82 bits per heavy atom. The van der Waals surface area contributed by atoms with E-state index in [2.05, 4.69) is 0 Å². The van der Waals surface area contributed by atoms with Crippen molar-refractivity contribution in [1.29, 1.82) is 0 Å². The topological polar surface area (TPSA) is 46.6 Å². The average Bonchev–Trinajstić information content (AvgIpc) is 2.82. The van der Waals surface area contributed by atoms with Crippen LogP contribution in [0.2, 0.25) is 0 Å². The van der Waals surface area contributed by atoms with Gasteiger partial charge in [-0.15, -0.1) is 0 Å². The van der Waals surface area contributed by atoms with Crippen LogP contribution in [0, 0.1) is 0 Å². The lowest BCUT2D eigenvalue weighted by Crippen LogP contribution is -2.27. The molecule has 1 aliphatic rings. The fraction of sp³-hybridized carbons (Fsp3) is 0.0588. The highest BCUT2D eigenvalue weighted by atomic mass is 32.2. The van der Waals surface area contributed by atoms with Crippen molar-refractivity contribution in [3.63, 3.8) is 0 Å². The molecule has 22 heavy (non-hydrogen) atoms. The van der Waals surface area contributed by atoms with E-state index >= 15 is 0 Å². The molecule has 0 bridgehead atoms. The lowest BCUT2D eigenvalue weighted by molar-refractivity contribution is -0.113. The molecule has 0 N–H and O–H groups in total. The maximum absolute atomic E-state index is 12.5. The van der Waals surface area contributed by atoms with Gasteiger partial charge in [-0.25, -0.2) is 4.90 Å². The van der Waals surface area contributed by atoms with E-state index in [0.717, 1.165) is 17.3 Å². The summed E-state index contributed by atoms with van der Waals surface area (Å²) in [5.74, 6) is 0.403. The zero-order valence-electron chi connectivity index (χ0n) is 11.9. The van der Waals surface area contributed by atoms with Gasteiger partial charge < -0.3 is 4.74 Å². The second kappa shape index (κ2) is 6.07. The molecule has 5 heteroatoms. The average molecular weight is 311 g/mol. The van der Waals surface area contributed by atoms with Crippen molar-refractivity contribution in [1.82, 2.24) is 0 Å². The molecule has 2 aromatic rings. The van der Waals surface area contributed by atoms with Gasteiger partial charge in [-0.05, 0) is 47.7 Å². The van der Waals surface area contributed by atoms with E-state index in [1.54, 1.807) is 37.5 Å². The second-order valence-electron chi connectivity index (χ2n) is 4.63. The molecule has 0 saturated carbocycles. The second-order valence-corrected chi connectivity index (χ2v) is 5.62. The van der Waals surface area contributed by atoms with Crippen LogP contribution in [-0.4, -0.2) is 18.3 Å². The molecule has 1 heterocycles. The number of hydrogen-bond donors (Lipinski definition) is 0. The Kier molecular flexibility index (Phi) is 3.98. The maximum atomic E-state index is 12.5. The first kappa shape index (κ1) is 14.4. The van der Waals surface area contributed by atoms with E-state index in [9.17, 15) is 9.59 Å². The van der Waals surface area contributed by atoms with Gasteiger partial charge in [0, 0.05) is 0 Å². The van der Waals surface area contributed by atoms with Crippen LogP contribution >= 0.6 is 11.8 Å². The molecular weight excluding hydrogens is 298 g/mol. The van der Waals surface area contributed by atoms with Crippen LogP contribution in [0.3, 0.4) is 0 Å². The van der Waals surface area contributed by atoms with Crippen molar-refractivity contribution in [2.24, 2.45) is 0 Å². The van der Waals surface area contributed by atoms with Gasteiger partial charge in [-0.3, -0.25) is 9.59 Å². The SMILES string of the molecule is COc1cccc(/C=C2/SC(=O)N(c3ccccc3)C2=O)c1. The van der Waals surface area contributed by atoms with Gasteiger partial charge in [0.25, 0.3) is 11.1 Å². The lowest BCUT2D eigenvalue weighted by Gasteiger charge is -2.11. The van der Waals surface area contributed by atoms with Gasteiger partial charge in [-0.1, -0.05) is 30.3 Å². The summed E-state index contributed by atoms with van der Waals surface area (Å²) in [6.45, 7) is 0. The summed E-state index contributed by atoms with van der Waals surface area (Å²) in [4.78, 5) is 26.2. The third-order valence-electron chi connectivity index (χ3n) is 3.20. The summed E-state index contributed by atoms with van der Waals surface area (Å²) in [7, 11) is 1.59. The molecular formula is C17H13NO3S. The minimum Gasteiger partial charge on any atom is -0.497 e. The number of nitrogens with zero attached hydrogens (tertiary/aromatic N) is 1. The maximum Gasteiger partial charge on any atom is 0.298 e. The van der Waals surface area contributed by atoms with Crippen molar-refractivity contribution in [2.45, 2.75) is 0 Å². The number of carbonyl (C=O) groups excluding carboxylic acids is 2. The molecule has 1 aliphatic heterocycles. The number of ether oxygens (including phenoxy) is 1. The van der Waals surface area contributed by atoms with Crippen molar-refractivity contribution in [2.75, 3.05) is 12.0 Å². The molecule has 1 saturated heterocycles. The predicted molar refractivity (Wildman–Crippen MR) is 87.9 cm³/mol. The van der Waals surface area contributed by atoms with Crippen molar-refractivity contribution < 1.29 is 14.3 Å². The van der Waals surface area contributed by atoms with Crippen LogP contribution in [0.1, 0.15) is 5.56 Å². The van der Waals surface area contributed by atoms with Gasteiger partial charge in [-0.2, -0.15) is 0 Å². The van der Waals surface area contributed by atoms with Gasteiger partial charge >= 0.3 is 0 Å². The quantitative estimate of drug-likeness (QED) is 0.806. The van der Waals surface area contributed by atoms with Crippen LogP contribution in [0.4, 0.5) is 10.5 Å². The lowest BCUT2D eigenvalue weighted by atomic mass is 10.2. The highest BCUT2D eigenvalue weighted by molar-refractivity contribution is 8.19. The summed E-state index contributed by atoms with van der Waals surface area (Å²) in [6.07, 6.45) is 1.70. The molecule has 2 aromatic carbocycles. The van der Waals surface area contributed by atoms with Gasteiger partial charge in [0.2, 0.25) is 0 Å². The Balaban J connectivity index is 1.92. The molecule has 0 unspecified atom stereocenters. The van der Waals surface area contributed by atoms with Gasteiger partial charge in [0.1, 0.15) is 5.75 Å². The zero-order chi connectivity index (χ0) is 15.5. The summed E-state index contributed by atoms with van der Waals surface area (Å²) in [5, 5.41) is -0.287. The summed E-state index contributed by atoms with van der Waals surface area (Å²) in [5.41, 5.74) is 1.40. The Bertz CT molecular complexity index is 756.